The van der Waals surface area contributed by atoms with Gasteiger partial charge in [0.1, 0.15) is 0 Å². The molecule has 1 aromatic heterocycles. The molecule has 0 unspecified atom stereocenters. The van der Waals surface area contributed by atoms with Crippen molar-refractivity contribution in [2.24, 2.45) is 0 Å². The Morgan fingerprint density at radius 3 is 2.75 bits per heavy atom. The number of nitrogens with one attached hydrogen (secondary N) is 2. The monoisotopic (exact) mass is 217 g/mol. The molecular formula is C11H15N5. The smallest absolute Gasteiger partial charge is 0.243 e. The van der Waals surface area contributed by atoms with Gasteiger partial charge in [0.15, 0.2) is 0 Å². The van der Waals surface area contributed by atoms with E-state index in [4.69, 9.17) is 5.73 Å². The zero-order chi connectivity index (χ0) is 11.2. The molecule has 0 atom stereocenters. The molecule has 0 aliphatic carbocycles. The number of nitrogens with two attached hydrogens (primary N) is 1. The fraction of sp³-hybridized carbons (Fsp3) is 0.273. The molecule has 0 saturated carbocycles. The number of aromatic amines is 1. The van der Waals surface area contributed by atoms with Gasteiger partial charge in [0.2, 0.25) is 11.9 Å². The molecule has 0 radical (unpaired) electrons. The van der Waals surface area contributed by atoms with Crippen LogP contribution in [0.15, 0.2) is 30.3 Å². The van der Waals surface area contributed by atoms with Crippen LogP contribution in [0, 0.1) is 0 Å². The first-order valence-corrected chi connectivity index (χ1v) is 5.30. The normalized spacial score (nSPS) is 10.2. The second kappa shape index (κ2) is 5.16. The second-order valence-corrected chi connectivity index (χ2v) is 3.56. The summed E-state index contributed by atoms with van der Waals surface area (Å²) in [6.45, 7) is 0.839. The highest BCUT2D eigenvalue weighted by Gasteiger charge is 1.98. The first-order chi connectivity index (χ1) is 7.84. The maximum Gasteiger partial charge on any atom is 0.243 e. The number of H-pyrrole nitrogens is 1. The average molecular weight is 217 g/mol. The minimum atomic E-state index is 0.338. The zero-order valence-corrected chi connectivity index (χ0v) is 8.98. The molecular weight excluding hydrogens is 202 g/mol. The summed E-state index contributed by atoms with van der Waals surface area (Å²) < 4.78 is 0. The highest BCUT2D eigenvalue weighted by Crippen LogP contribution is 2.03. The summed E-state index contributed by atoms with van der Waals surface area (Å²) in [5.41, 5.74) is 6.75. The summed E-state index contributed by atoms with van der Waals surface area (Å²) in [6.07, 6.45) is 2.09. The van der Waals surface area contributed by atoms with Crippen LogP contribution in [-0.2, 0) is 6.42 Å². The van der Waals surface area contributed by atoms with Crippen molar-refractivity contribution in [3.63, 3.8) is 0 Å². The van der Waals surface area contributed by atoms with Crippen molar-refractivity contribution in [3.8, 4) is 0 Å². The van der Waals surface area contributed by atoms with Gasteiger partial charge in [0, 0.05) is 6.54 Å². The molecule has 4 N–H and O–H groups in total. The number of aryl methyl sites for hydroxylation is 1. The molecule has 84 valence electrons. The molecule has 2 rings (SSSR count). The van der Waals surface area contributed by atoms with Crippen LogP contribution in [0.4, 0.5) is 11.9 Å². The van der Waals surface area contributed by atoms with Crippen LogP contribution >= 0.6 is 0 Å². The van der Waals surface area contributed by atoms with Gasteiger partial charge in [-0.25, -0.2) is 5.10 Å². The van der Waals surface area contributed by atoms with E-state index in [0.29, 0.717) is 11.9 Å². The third kappa shape index (κ3) is 2.98. The number of aromatic nitrogens is 3. The molecule has 5 heteroatoms. The summed E-state index contributed by atoms with van der Waals surface area (Å²) in [5.74, 6) is 0.899. The van der Waals surface area contributed by atoms with E-state index in [1.165, 1.54) is 5.56 Å². The van der Waals surface area contributed by atoms with Crippen molar-refractivity contribution in [2.45, 2.75) is 12.8 Å². The maximum atomic E-state index is 5.40. The van der Waals surface area contributed by atoms with E-state index in [-0.39, 0.29) is 0 Å². The Labute approximate surface area is 94.1 Å². The van der Waals surface area contributed by atoms with E-state index >= 15 is 0 Å². The minimum Gasteiger partial charge on any atom is -0.368 e. The number of nitrogens with zero attached hydrogens (tertiary/aromatic N) is 2. The van der Waals surface area contributed by atoms with E-state index in [1.54, 1.807) is 0 Å². The highest BCUT2D eigenvalue weighted by atomic mass is 15.3. The predicted molar refractivity (Wildman–Crippen MR) is 64.0 cm³/mol. The Hall–Kier alpha value is -2.04. The molecule has 0 bridgehead atoms. The molecule has 0 aliphatic heterocycles. The predicted octanol–water partition coefficient (Wildman–Crippen LogP) is 1.43. The van der Waals surface area contributed by atoms with Crippen molar-refractivity contribution in [2.75, 3.05) is 17.6 Å². The molecule has 1 aromatic carbocycles. The van der Waals surface area contributed by atoms with Gasteiger partial charge in [-0.1, -0.05) is 30.3 Å². The van der Waals surface area contributed by atoms with Gasteiger partial charge in [-0.2, -0.15) is 4.98 Å². The summed E-state index contributed by atoms with van der Waals surface area (Å²) in [7, 11) is 0. The van der Waals surface area contributed by atoms with Crippen molar-refractivity contribution in [3.05, 3.63) is 35.9 Å². The van der Waals surface area contributed by atoms with Crippen molar-refractivity contribution in [1.82, 2.24) is 15.2 Å². The largest absolute Gasteiger partial charge is 0.368 e. The average Bonchev–Trinajstić information content (AvgIpc) is 2.72. The minimum absolute atomic E-state index is 0.338. The van der Waals surface area contributed by atoms with Gasteiger partial charge in [-0.3, -0.25) is 0 Å². The lowest BCUT2D eigenvalue weighted by Gasteiger charge is -2.01. The first kappa shape index (κ1) is 10.5. The topological polar surface area (TPSA) is 79.6 Å². The molecule has 1 heterocycles. The molecule has 2 aromatic rings. The van der Waals surface area contributed by atoms with Crippen LogP contribution in [0.2, 0.25) is 0 Å². The maximum absolute atomic E-state index is 5.40. The van der Waals surface area contributed by atoms with Crippen LogP contribution in [0.1, 0.15) is 12.0 Å². The van der Waals surface area contributed by atoms with Crippen molar-refractivity contribution >= 4 is 11.9 Å². The Bertz CT molecular complexity index is 423. The Morgan fingerprint density at radius 1 is 1.25 bits per heavy atom. The number of benzene rings is 1. The van der Waals surface area contributed by atoms with E-state index < -0.39 is 0 Å². The first-order valence-electron chi connectivity index (χ1n) is 5.30. The summed E-state index contributed by atoms with van der Waals surface area (Å²) >= 11 is 0. The van der Waals surface area contributed by atoms with Crippen LogP contribution in [-0.4, -0.2) is 21.7 Å². The molecule has 0 aliphatic rings. The van der Waals surface area contributed by atoms with Crippen LogP contribution in [0.3, 0.4) is 0 Å². The summed E-state index contributed by atoms with van der Waals surface area (Å²) in [4.78, 5) is 3.96. The van der Waals surface area contributed by atoms with Gasteiger partial charge < -0.3 is 11.1 Å². The van der Waals surface area contributed by atoms with Gasteiger partial charge in [0.05, 0.1) is 0 Å². The number of rotatable bonds is 5. The quantitative estimate of drug-likeness (QED) is 0.662. The highest BCUT2D eigenvalue weighted by molar-refractivity contribution is 5.29. The number of anilines is 2. The van der Waals surface area contributed by atoms with E-state index in [9.17, 15) is 0 Å². The Balaban J connectivity index is 1.69. The van der Waals surface area contributed by atoms with E-state index in [2.05, 4.69) is 44.8 Å². The summed E-state index contributed by atoms with van der Waals surface area (Å²) in [6, 6.07) is 10.4. The van der Waals surface area contributed by atoms with E-state index in [0.717, 1.165) is 19.4 Å². The van der Waals surface area contributed by atoms with Gasteiger partial charge >= 0.3 is 0 Å². The number of nitrogen functional groups attached to an aromatic ring is 1. The molecule has 5 nitrogen and oxygen atoms in total. The van der Waals surface area contributed by atoms with Crippen LogP contribution in [0.25, 0.3) is 0 Å². The van der Waals surface area contributed by atoms with Gasteiger partial charge in [0.25, 0.3) is 0 Å². The summed E-state index contributed by atoms with van der Waals surface area (Å²) in [5, 5.41) is 9.57. The zero-order valence-electron chi connectivity index (χ0n) is 8.98. The van der Waals surface area contributed by atoms with Crippen molar-refractivity contribution in [1.29, 1.82) is 0 Å². The second-order valence-electron chi connectivity index (χ2n) is 3.56. The molecule has 0 spiro atoms. The Morgan fingerprint density at radius 2 is 2.06 bits per heavy atom. The van der Waals surface area contributed by atoms with Gasteiger partial charge in [-0.05, 0) is 18.4 Å². The Kier molecular flexibility index (Phi) is 3.38. The number of hydrogen-bond donors (Lipinski definition) is 3. The van der Waals surface area contributed by atoms with E-state index in [1.807, 2.05) is 6.07 Å². The standard InChI is InChI=1S/C11H15N5/c12-10-14-11(16-15-10)13-8-4-7-9-5-2-1-3-6-9/h1-3,5-6H,4,7-8H2,(H4,12,13,14,15,16). The lowest BCUT2D eigenvalue weighted by Crippen LogP contribution is -2.04. The third-order valence-electron chi connectivity index (χ3n) is 2.27. The molecule has 0 amide bonds. The van der Waals surface area contributed by atoms with Crippen LogP contribution in [0.5, 0.6) is 0 Å². The third-order valence-corrected chi connectivity index (χ3v) is 2.27. The molecule has 0 saturated heterocycles. The molecule has 16 heavy (non-hydrogen) atoms. The SMILES string of the molecule is Nc1nc(NCCCc2ccccc2)n[nH]1. The fourth-order valence-corrected chi connectivity index (χ4v) is 1.49. The van der Waals surface area contributed by atoms with Crippen LogP contribution < -0.4 is 11.1 Å². The van der Waals surface area contributed by atoms with Crippen molar-refractivity contribution < 1.29 is 0 Å². The molecule has 0 fully saturated rings. The lowest BCUT2D eigenvalue weighted by molar-refractivity contribution is 0.854. The lowest BCUT2D eigenvalue weighted by atomic mass is 10.1. The number of hydrogen-bond acceptors (Lipinski definition) is 4. The fourth-order valence-electron chi connectivity index (χ4n) is 1.49. The van der Waals surface area contributed by atoms with Gasteiger partial charge in [-0.15, -0.1) is 5.10 Å².